The second-order valence-electron chi connectivity index (χ2n) is 6.09. The predicted octanol–water partition coefficient (Wildman–Crippen LogP) is 4.10. The molecule has 0 aliphatic rings. The number of alkyl halides is 3. The molecule has 0 amide bonds. The Kier molecular flexibility index (Phi) is 4.50. The first-order valence-electron chi connectivity index (χ1n) is 8.18. The Bertz CT molecular complexity index is 1120. The lowest BCUT2D eigenvalue weighted by Crippen LogP contribution is -2.10. The van der Waals surface area contributed by atoms with Gasteiger partial charge in [0, 0.05) is 42.8 Å². The van der Waals surface area contributed by atoms with Crippen LogP contribution in [-0.2, 0) is 12.6 Å². The van der Waals surface area contributed by atoms with Crippen molar-refractivity contribution in [2.24, 2.45) is 0 Å². The average molecular weight is 386 g/mol. The summed E-state index contributed by atoms with van der Waals surface area (Å²) in [5.41, 5.74) is 1.20. The van der Waals surface area contributed by atoms with Gasteiger partial charge in [0.1, 0.15) is 17.3 Å². The summed E-state index contributed by atoms with van der Waals surface area (Å²) in [6.07, 6.45) is 5.26. The summed E-state index contributed by atoms with van der Waals surface area (Å²) in [5.74, 6) is -0.305. The second kappa shape index (κ2) is 6.99. The standard InChI is InChI=1S/C19H12F4N5/c20-14-5-15-12(9-27-18(15)28-10-14)3-11-6-25-17(26-7-11)4-13-8-24-2-1-16(13)19(21,22)23/h1-2,4-10H,3H2,(H,27,28). The molecule has 1 radical (unpaired) electrons. The van der Waals surface area contributed by atoms with Crippen molar-refractivity contribution in [2.45, 2.75) is 12.6 Å². The molecule has 0 atom stereocenters. The van der Waals surface area contributed by atoms with Gasteiger partial charge in [0.05, 0.1) is 18.2 Å². The van der Waals surface area contributed by atoms with Crippen molar-refractivity contribution in [3.05, 3.63) is 89.6 Å². The number of pyridine rings is 2. The first kappa shape index (κ1) is 18.0. The van der Waals surface area contributed by atoms with E-state index >= 15 is 0 Å². The quantitative estimate of drug-likeness (QED) is 0.537. The molecule has 4 aromatic rings. The molecule has 141 valence electrons. The van der Waals surface area contributed by atoms with Crippen LogP contribution in [0.3, 0.4) is 0 Å². The van der Waals surface area contributed by atoms with Gasteiger partial charge in [-0.15, -0.1) is 0 Å². The Balaban J connectivity index is 1.54. The third kappa shape index (κ3) is 3.68. The van der Waals surface area contributed by atoms with Crippen LogP contribution < -0.4 is 0 Å². The van der Waals surface area contributed by atoms with Gasteiger partial charge in [0.15, 0.2) is 0 Å². The van der Waals surface area contributed by atoms with Gasteiger partial charge in [0.2, 0.25) is 0 Å². The van der Waals surface area contributed by atoms with Crippen LogP contribution in [0.2, 0.25) is 0 Å². The Morgan fingerprint density at radius 1 is 1.04 bits per heavy atom. The van der Waals surface area contributed by atoms with Crippen LogP contribution in [0.4, 0.5) is 17.6 Å². The molecule has 28 heavy (non-hydrogen) atoms. The number of H-pyrrole nitrogens is 1. The van der Waals surface area contributed by atoms with Gasteiger partial charge >= 0.3 is 6.18 Å². The highest BCUT2D eigenvalue weighted by atomic mass is 19.4. The average Bonchev–Trinajstić information content (AvgIpc) is 3.05. The van der Waals surface area contributed by atoms with Crippen molar-refractivity contribution in [1.29, 1.82) is 0 Å². The second-order valence-corrected chi connectivity index (χ2v) is 6.09. The van der Waals surface area contributed by atoms with E-state index in [4.69, 9.17) is 0 Å². The Hall–Kier alpha value is -3.36. The Labute approximate surface area is 156 Å². The number of hydrogen-bond donors (Lipinski definition) is 1. The van der Waals surface area contributed by atoms with Crippen LogP contribution in [0.1, 0.15) is 28.1 Å². The summed E-state index contributed by atoms with van der Waals surface area (Å²) in [5, 5.41) is 0.654. The number of fused-ring (bicyclic) bond motifs is 1. The lowest BCUT2D eigenvalue weighted by Gasteiger charge is -2.11. The maximum absolute atomic E-state index is 13.4. The Morgan fingerprint density at radius 2 is 1.82 bits per heavy atom. The zero-order valence-corrected chi connectivity index (χ0v) is 14.2. The maximum atomic E-state index is 13.4. The van der Waals surface area contributed by atoms with Gasteiger partial charge in [-0.25, -0.2) is 19.3 Å². The van der Waals surface area contributed by atoms with E-state index in [2.05, 4.69) is 24.9 Å². The summed E-state index contributed by atoms with van der Waals surface area (Å²) in [7, 11) is 0. The SMILES string of the molecule is Fc1cnc2[nH]cc(Cc3cnc([CH]c4cnccc4C(F)(F)F)nc3)c2c1. The molecule has 0 saturated heterocycles. The number of rotatable bonds is 4. The highest BCUT2D eigenvalue weighted by Gasteiger charge is 2.33. The fourth-order valence-electron chi connectivity index (χ4n) is 2.85. The van der Waals surface area contributed by atoms with Crippen molar-refractivity contribution in [3.8, 4) is 0 Å². The van der Waals surface area contributed by atoms with Crippen LogP contribution in [0.5, 0.6) is 0 Å². The molecule has 0 aliphatic heterocycles. The van der Waals surface area contributed by atoms with Crippen LogP contribution in [0.15, 0.2) is 49.3 Å². The van der Waals surface area contributed by atoms with E-state index in [1.54, 1.807) is 6.20 Å². The first-order valence-corrected chi connectivity index (χ1v) is 8.18. The number of nitrogens with one attached hydrogen (secondary N) is 1. The summed E-state index contributed by atoms with van der Waals surface area (Å²) >= 11 is 0. The van der Waals surface area contributed by atoms with E-state index in [-0.39, 0.29) is 11.4 Å². The minimum Gasteiger partial charge on any atom is -0.346 e. The summed E-state index contributed by atoms with van der Waals surface area (Å²) < 4.78 is 52.6. The number of hydrogen-bond acceptors (Lipinski definition) is 4. The summed E-state index contributed by atoms with van der Waals surface area (Å²) in [6, 6.07) is 2.29. The predicted molar refractivity (Wildman–Crippen MR) is 92.6 cm³/mol. The zero-order valence-electron chi connectivity index (χ0n) is 14.2. The highest BCUT2D eigenvalue weighted by Crippen LogP contribution is 2.32. The van der Waals surface area contributed by atoms with E-state index in [1.807, 2.05) is 0 Å². The fourth-order valence-corrected chi connectivity index (χ4v) is 2.85. The smallest absolute Gasteiger partial charge is 0.346 e. The zero-order chi connectivity index (χ0) is 19.7. The topological polar surface area (TPSA) is 67.3 Å². The van der Waals surface area contributed by atoms with Crippen LogP contribution in [0.25, 0.3) is 11.0 Å². The van der Waals surface area contributed by atoms with Crippen LogP contribution >= 0.6 is 0 Å². The van der Waals surface area contributed by atoms with E-state index < -0.39 is 17.6 Å². The molecule has 0 aliphatic carbocycles. The van der Waals surface area contributed by atoms with Gasteiger partial charge in [0.25, 0.3) is 0 Å². The van der Waals surface area contributed by atoms with Crippen molar-refractivity contribution in [2.75, 3.05) is 0 Å². The van der Waals surface area contributed by atoms with Crippen molar-refractivity contribution in [1.82, 2.24) is 24.9 Å². The van der Waals surface area contributed by atoms with Gasteiger partial charge in [-0.05, 0) is 28.8 Å². The van der Waals surface area contributed by atoms with Crippen molar-refractivity contribution < 1.29 is 17.6 Å². The summed E-state index contributed by atoms with van der Waals surface area (Å²) in [4.78, 5) is 18.9. The lowest BCUT2D eigenvalue weighted by molar-refractivity contribution is -0.138. The molecule has 9 heteroatoms. The van der Waals surface area contributed by atoms with E-state index in [0.717, 1.165) is 35.8 Å². The molecule has 0 aromatic carbocycles. The molecule has 4 heterocycles. The van der Waals surface area contributed by atoms with Crippen LogP contribution in [-0.4, -0.2) is 24.9 Å². The van der Waals surface area contributed by atoms with Crippen LogP contribution in [0, 0.1) is 12.2 Å². The number of nitrogens with zero attached hydrogens (tertiary/aromatic N) is 4. The van der Waals surface area contributed by atoms with Gasteiger partial charge in [-0.1, -0.05) is 0 Å². The van der Waals surface area contributed by atoms with Gasteiger partial charge in [-0.3, -0.25) is 4.98 Å². The molecule has 0 bridgehead atoms. The molecular weight excluding hydrogens is 374 g/mol. The van der Waals surface area contributed by atoms with Gasteiger partial charge < -0.3 is 4.98 Å². The normalized spacial score (nSPS) is 11.9. The minimum atomic E-state index is -4.49. The number of halogens is 4. The maximum Gasteiger partial charge on any atom is 0.416 e. The number of aromatic nitrogens is 5. The number of aromatic amines is 1. The lowest BCUT2D eigenvalue weighted by atomic mass is 10.1. The Morgan fingerprint density at radius 3 is 2.57 bits per heavy atom. The van der Waals surface area contributed by atoms with Crippen molar-refractivity contribution >= 4 is 11.0 Å². The van der Waals surface area contributed by atoms with E-state index in [9.17, 15) is 17.6 Å². The fraction of sp³-hybridized carbons (Fsp3) is 0.105. The minimum absolute atomic E-state index is 0.110. The van der Waals surface area contributed by atoms with Gasteiger partial charge in [-0.2, -0.15) is 13.2 Å². The molecule has 1 N–H and O–H groups in total. The van der Waals surface area contributed by atoms with E-state index in [0.29, 0.717) is 17.5 Å². The monoisotopic (exact) mass is 386 g/mol. The molecule has 0 fully saturated rings. The molecule has 0 unspecified atom stereocenters. The van der Waals surface area contributed by atoms with E-state index in [1.165, 1.54) is 24.9 Å². The third-order valence-electron chi connectivity index (χ3n) is 4.15. The molecule has 0 saturated carbocycles. The van der Waals surface area contributed by atoms with Crippen molar-refractivity contribution in [3.63, 3.8) is 0 Å². The summed E-state index contributed by atoms with van der Waals surface area (Å²) in [6.45, 7) is 0. The largest absolute Gasteiger partial charge is 0.416 e. The molecule has 5 nitrogen and oxygen atoms in total. The molecule has 0 spiro atoms. The molecule has 4 aromatic heterocycles. The molecular formula is C19H12F4N5. The highest BCUT2D eigenvalue weighted by molar-refractivity contribution is 5.79. The first-order chi connectivity index (χ1) is 13.4. The third-order valence-corrected chi connectivity index (χ3v) is 4.15. The molecule has 4 rings (SSSR count).